The molecule has 0 aliphatic carbocycles. The molecular formula is C15H23NO3. The Bertz CT molecular complexity index is 416. The van der Waals surface area contributed by atoms with Crippen molar-refractivity contribution in [1.82, 2.24) is 5.32 Å². The number of hydrogen-bond donors (Lipinski definition) is 2. The van der Waals surface area contributed by atoms with E-state index in [0.717, 1.165) is 0 Å². The largest absolute Gasteiger partial charge is 0.491 e. The van der Waals surface area contributed by atoms with Gasteiger partial charge in [0.25, 0.3) is 5.91 Å². The normalized spacial score (nSPS) is 12.6. The van der Waals surface area contributed by atoms with E-state index >= 15 is 0 Å². The Morgan fingerprint density at radius 2 is 2.00 bits per heavy atom. The standard InChI is InChI=1S/C15H23NO3/c1-10(2)14(9-17)16-15(18)12-6-5-7-13(8-12)19-11(3)4/h5-8,10-11,14,17H,9H2,1-4H3,(H,16,18)/t14-/m1/s1. The van der Waals surface area contributed by atoms with Crippen molar-refractivity contribution in [2.75, 3.05) is 6.61 Å². The van der Waals surface area contributed by atoms with E-state index in [9.17, 15) is 9.90 Å². The number of hydrogen-bond acceptors (Lipinski definition) is 3. The van der Waals surface area contributed by atoms with Gasteiger partial charge in [0.15, 0.2) is 0 Å². The molecule has 19 heavy (non-hydrogen) atoms. The van der Waals surface area contributed by atoms with Crippen molar-refractivity contribution in [2.24, 2.45) is 5.92 Å². The van der Waals surface area contributed by atoms with Crippen LogP contribution in [-0.2, 0) is 0 Å². The maximum atomic E-state index is 12.1. The Hall–Kier alpha value is -1.55. The van der Waals surface area contributed by atoms with Crippen LogP contribution in [0.4, 0.5) is 0 Å². The van der Waals surface area contributed by atoms with Gasteiger partial charge in [0.2, 0.25) is 0 Å². The Kier molecular flexibility index (Phi) is 5.83. The minimum atomic E-state index is -0.234. The van der Waals surface area contributed by atoms with E-state index in [0.29, 0.717) is 11.3 Å². The van der Waals surface area contributed by atoms with Crippen LogP contribution >= 0.6 is 0 Å². The first-order chi connectivity index (χ1) is 8.93. The fraction of sp³-hybridized carbons (Fsp3) is 0.533. The maximum absolute atomic E-state index is 12.1. The summed E-state index contributed by atoms with van der Waals surface area (Å²) in [6.45, 7) is 7.73. The second-order valence-electron chi connectivity index (χ2n) is 5.20. The highest BCUT2D eigenvalue weighted by atomic mass is 16.5. The fourth-order valence-electron chi connectivity index (χ4n) is 1.66. The van der Waals surface area contributed by atoms with Gasteiger partial charge in [-0.05, 0) is 38.0 Å². The molecule has 4 heteroatoms. The Morgan fingerprint density at radius 3 is 2.53 bits per heavy atom. The van der Waals surface area contributed by atoms with Crippen LogP contribution in [0.25, 0.3) is 0 Å². The van der Waals surface area contributed by atoms with Crippen molar-refractivity contribution in [3.8, 4) is 5.75 Å². The van der Waals surface area contributed by atoms with E-state index in [1.54, 1.807) is 18.2 Å². The number of benzene rings is 1. The van der Waals surface area contributed by atoms with Crippen LogP contribution < -0.4 is 10.1 Å². The highest BCUT2D eigenvalue weighted by Crippen LogP contribution is 2.15. The highest BCUT2D eigenvalue weighted by Gasteiger charge is 2.16. The summed E-state index contributed by atoms with van der Waals surface area (Å²) in [7, 11) is 0. The lowest BCUT2D eigenvalue weighted by atomic mass is 10.0. The minimum absolute atomic E-state index is 0.0639. The van der Waals surface area contributed by atoms with Crippen molar-refractivity contribution >= 4 is 5.91 Å². The molecule has 1 aromatic rings. The van der Waals surface area contributed by atoms with Gasteiger partial charge in [-0.15, -0.1) is 0 Å². The number of aliphatic hydroxyl groups excluding tert-OH is 1. The number of amides is 1. The summed E-state index contributed by atoms with van der Waals surface area (Å²) in [6, 6.07) is 6.82. The summed E-state index contributed by atoms with van der Waals surface area (Å²) in [5, 5.41) is 12.0. The lowest BCUT2D eigenvalue weighted by molar-refractivity contribution is 0.0896. The average Bonchev–Trinajstić information content (AvgIpc) is 2.34. The predicted molar refractivity (Wildman–Crippen MR) is 75.4 cm³/mol. The molecule has 1 aromatic carbocycles. The van der Waals surface area contributed by atoms with Crippen LogP contribution in [0.5, 0.6) is 5.75 Å². The van der Waals surface area contributed by atoms with Gasteiger partial charge in [0.05, 0.1) is 18.8 Å². The molecule has 0 bridgehead atoms. The van der Waals surface area contributed by atoms with Crippen LogP contribution in [0.1, 0.15) is 38.1 Å². The number of ether oxygens (including phenoxy) is 1. The van der Waals surface area contributed by atoms with Gasteiger partial charge in [0, 0.05) is 5.56 Å². The molecule has 1 rings (SSSR count). The predicted octanol–water partition coefficient (Wildman–Crippen LogP) is 2.22. The lowest BCUT2D eigenvalue weighted by Crippen LogP contribution is -2.41. The molecule has 2 N–H and O–H groups in total. The molecule has 1 atom stereocenters. The summed E-state index contributed by atoms with van der Waals surface area (Å²) in [5.74, 6) is 0.666. The Balaban J connectivity index is 2.76. The topological polar surface area (TPSA) is 58.6 Å². The van der Waals surface area contributed by atoms with E-state index in [2.05, 4.69) is 5.32 Å². The van der Waals surface area contributed by atoms with E-state index < -0.39 is 0 Å². The monoisotopic (exact) mass is 265 g/mol. The molecule has 1 amide bonds. The third-order valence-electron chi connectivity index (χ3n) is 2.79. The van der Waals surface area contributed by atoms with Crippen LogP contribution in [0.15, 0.2) is 24.3 Å². The Morgan fingerprint density at radius 1 is 1.32 bits per heavy atom. The van der Waals surface area contributed by atoms with Gasteiger partial charge in [-0.3, -0.25) is 4.79 Å². The van der Waals surface area contributed by atoms with Crippen molar-refractivity contribution in [2.45, 2.75) is 39.8 Å². The zero-order valence-corrected chi connectivity index (χ0v) is 12.0. The van der Waals surface area contributed by atoms with Gasteiger partial charge in [-0.25, -0.2) is 0 Å². The molecule has 0 heterocycles. The summed E-state index contributed by atoms with van der Waals surface area (Å²) >= 11 is 0. The van der Waals surface area contributed by atoms with Crippen LogP contribution in [-0.4, -0.2) is 29.8 Å². The second kappa shape index (κ2) is 7.14. The summed E-state index contributed by atoms with van der Waals surface area (Å²) in [5.41, 5.74) is 0.539. The number of aliphatic hydroxyl groups is 1. The molecule has 0 aliphatic rings. The third-order valence-corrected chi connectivity index (χ3v) is 2.79. The zero-order chi connectivity index (χ0) is 14.4. The summed E-state index contributed by atoms with van der Waals surface area (Å²) < 4.78 is 5.55. The first-order valence-electron chi connectivity index (χ1n) is 6.62. The SMILES string of the molecule is CC(C)Oc1cccc(C(=O)N[C@H](CO)C(C)C)c1. The van der Waals surface area contributed by atoms with Crippen molar-refractivity contribution in [3.05, 3.63) is 29.8 Å². The molecule has 4 nitrogen and oxygen atoms in total. The Labute approximate surface area is 114 Å². The number of carbonyl (C=O) groups excluding carboxylic acids is 1. The van der Waals surface area contributed by atoms with Crippen LogP contribution in [0.3, 0.4) is 0 Å². The van der Waals surface area contributed by atoms with Crippen molar-refractivity contribution in [1.29, 1.82) is 0 Å². The van der Waals surface area contributed by atoms with Crippen molar-refractivity contribution in [3.63, 3.8) is 0 Å². The van der Waals surface area contributed by atoms with E-state index in [-0.39, 0.29) is 30.6 Å². The van der Waals surface area contributed by atoms with Crippen molar-refractivity contribution < 1.29 is 14.6 Å². The molecular weight excluding hydrogens is 242 g/mol. The van der Waals surface area contributed by atoms with E-state index in [1.807, 2.05) is 33.8 Å². The van der Waals surface area contributed by atoms with E-state index in [1.165, 1.54) is 0 Å². The second-order valence-corrected chi connectivity index (χ2v) is 5.20. The molecule has 0 spiro atoms. The van der Waals surface area contributed by atoms with E-state index in [4.69, 9.17) is 4.74 Å². The lowest BCUT2D eigenvalue weighted by Gasteiger charge is -2.20. The van der Waals surface area contributed by atoms with Gasteiger partial charge < -0.3 is 15.2 Å². The zero-order valence-electron chi connectivity index (χ0n) is 12.0. The molecule has 106 valence electrons. The molecule has 0 saturated carbocycles. The number of rotatable bonds is 6. The highest BCUT2D eigenvalue weighted by molar-refractivity contribution is 5.94. The summed E-state index contributed by atoms with van der Waals surface area (Å²) in [6.07, 6.45) is 0.0687. The van der Waals surface area contributed by atoms with Gasteiger partial charge in [0.1, 0.15) is 5.75 Å². The van der Waals surface area contributed by atoms with Gasteiger partial charge in [-0.1, -0.05) is 19.9 Å². The fourth-order valence-corrected chi connectivity index (χ4v) is 1.66. The molecule has 0 aromatic heterocycles. The smallest absolute Gasteiger partial charge is 0.251 e. The molecule has 0 radical (unpaired) electrons. The van der Waals surface area contributed by atoms with Crippen LogP contribution in [0, 0.1) is 5.92 Å². The van der Waals surface area contributed by atoms with Gasteiger partial charge in [-0.2, -0.15) is 0 Å². The molecule has 0 aliphatic heterocycles. The average molecular weight is 265 g/mol. The first kappa shape index (κ1) is 15.5. The van der Waals surface area contributed by atoms with Crippen LogP contribution in [0.2, 0.25) is 0 Å². The molecule has 0 saturated heterocycles. The number of carbonyl (C=O) groups is 1. The minimum Gasteiger partial charge on any atom is -0.491 e. The number of nitrogens with one attached hydrogen (secondary N) is 1. The quantitative estimate of drug-likeness (QED) is 0.829. The molecule has 0 fully saturated rings. The maximum Gasteiger partial charge on any atom is 0.251 e. The van der Waals surface area contributed by atoms with Gasteiger partial charge >= 0.3 is 0 Å². The molecule has 0 unspecified atom stereocenters. The third kappa shape index (κ3) is 4.91. The summed E-state index contributed by atoms with van der Waals surface area (Å²) in [4.78, 5) is 12.1. The first-order valence-corrected chi connectivity index (χ1v) is 6.62.